The minimum atomic E-state index is -0.0488. The Kier molecular flexibility index (Phi) is 3.91. The van der Waals surface area contributed by atoms with Gasteiger partial charge in [-0.05, 0) is 49.2 Å². The lowest BCUT2D eigenvalue weighted by atomic mass is 10.2. The van der Waals surface area contributed by atoms with Crippen LogP contribution in [0.2, 0.25) is 0 Å². The fourth-order valence-electron chi connectivity index (χ4n) is 3.17. The quantitative estimate of drug-likeness (QED) is 0.803. The molecule has 0 aliphatic carbocycles. The molecule has 0 saturated carbocycles. The number of anilines is 2. The minimum absolute atomic E-state index is 0.0488. The first-order valence-corrected chi connectivity index (χ1v) is 8.35. The van der Waals surface area contributed by atoms with Crippen LogP contribution in [0.15, 0.2) is 54.9 Å². The van der Waals surface area contributed by atoms with Crippen molar-refractivity contribution in [2.45, 2.75) is 19.3 Å². The van der Waals surface area contributed by atoms with Gasteiger partial charge in [-0.25, -0.2) is 4.98 Å². The first-order chi connectivity index (χ1) is 11.8. The predicted molar refractivity (Wildman–Crippen MR) is 95.4 cm³/mol. The van der Waals surface area contributed by atoms with Crippen LogP contribution in [0.25, 0.3) is 5.65 Å². The van der Waals surface area contributed by atoms with Crippen LogP contribution >= 0.6 is 0 Å². The van der Waals surface area contributed by atoms with Gasteiger partial charge >= 0.3 is 0 Å². The number of pyridine rings is 1. The summed E-state index contributed by atoms with van der Waals surface area (Å²) in [6.07, 6.45) is 6.62. The predicted octanol–water partition coefficient (Wildman–Crippen LogP) is 3.12. The highest BCUT2D eigenvalue weighted by molar-refractivity contribution is 5.92. The highest BCUT2D eigenvalue weighted by Crippen LogP contribution is 2.22. The van der Waals surface area contributed by atoms with Crippen LogP contribution in [0.4, 0.5) is 11.4 Å². The van der Waals surface area contributed by atoms with Gasteiger partial charge < -0.3 is 14.6 Å². The third-order valence-electron chi connectivity index (χ3n) is 4.38. The van der Waals surface area contributed by atoms with Gasteiger partial charge in [-0.2, -0.15) is 0 Å². The number of nitrogens with zero attached hydrogens (tertiary/aromatic N) is 3. The average molecular weight is 320 g/mol. The molecule has 1 aliphatic heterocycles. The number of rotatable bonds is 4. The molecule has 0 radical (unpaired) electrons. The van der Waals surface area contributed by atoms with Crippen molar-refractivity contribution in [3.8, 4) is 0 Å². The summed E-state index contributed by atoms with van der Waals surface area (Å²) in [6, 6.07) is 13.9. The molecule has 5 nitrogen and oxygen atoms in total. The maximum absolute atomic E-state index is 12.2. The molecule has 1 aliphatic rings. The van der Waals surface area contributed by atoms with E-state index in [1.54, 1.807) is 0 Å². The molecule has 0 atom stereocenters. The monoisotopic (exact) mass is 320 g/mol. The van der Waals surface area contributed by atoms with E-state index in [-0.39, 0.29) is 12.3 Å². The highest BCUT2D eigenvalue weighted by atomic mass is 16.1. The number of aromatic nitrogens is 2. The smallest absolute Gasteiger partial charge is 0.230 e. The average Bonchev–Trinajstić information content (AvgIpc) is 3.24. The van der Waals surface area contributed by atoms with Crippen molar-refractivity contribution in [2.24, 2.45) is 0 Å². The first kappa shape index (κ1) is 14.8. The van der Waals surface area contributed by atoms with Gasteiger partial charge in [-0.15, -0.1) is 0 Å². The molecule has 2 aromatic heterocycles. The number of carbonyl (C=O) groups is 1. The zero-order chi connectivity index (χ0) is 16.4. The van der Waals surface area contributed by atoms with Crippen molar-refractivity contribution in [2.75, 3.05) is 23.3 Å². The molecule has 0 spiro atoms. The Bertz CT molecular complexity index is 814. The molecule has 4 rings (SSSR count). The van der Waals surface area contributed by atoms with Crippen LogP contribution in [0.5, 0.6) is 0 Å². The fraction of sp³-hybridized carbons (Fsp3) is 0.263. The fourth-order valence-corrected chi connectivity index (χ4v) is 3.17. The molecule has 5 heteroatoms. The summed E-state index contributed by atoms with van der Waals surface area (Å²) in [6.45, 7) is 2.25. The van der Waals surface area contributed by atoms with Gasteiger partial charge in [0, 0.05) is 36.9 Å². The van der Waals surface area contributed by atoms with Crippen molar-refractivity contribution in [3.05, 3.63) is 60.6 Å². The molecule has 1 fully saturated rings. The van der Waals surface area contributed by atoms with E-state index in [1.165, 1.54) is 18.5 Å². The van der Waals surface area contributed by atoms with Gasteiger partial charge in [-0.1, -0.05) is 6.07 Å². The molecule has 1 saturated heterocycles. The van der Waals surface area contributed by atoms with Crippen LogP contribution in [-0.4, -0.2) is 28.4 Å². The van der Waals surface area contributed by atoms with E-state index < -0.39 is 0 Å². The number of amides is 1. The molecule has 3 aromatic rings. The van der Waals surface area contributed by atoms with Gasteiger partial charge in [-0.3, -0.25) is 4.79 Å². The third-order valence-corrected chi connectivity index (χ3v) is 4.38. The van der Waals surface area contributed by atoms with Crippen LogP contribution in [0.3, 0.4) is 0 Å². The minimum Gasteiger partial charge on any atom is -0.372 e. The maximum atomic E-state index is 12.2. The highest BCUT2D eigenvalue weighted by Gasteiger charge is 2.12. The molecule has 122 valence electrons. The normalized spacial score (nSPS) is 14.2. The lowest BCUT2D eigenvalue weighted by Crippen LogP contribution is -2.18. The molecular formula is C19H20N4O. The lowest BCUT2D eigenvalue weighted by Gasteiger charge is -2.17. The van der Waals surface area contributed by atoms with E-state index in [1.807, 2.05) is 47.1 Å². The van der Waals surface area contributed by atoms with Crippen molar-refractivity contribution in [3.63, 3.8) is 0 Å². The zero-order valence-corrected chi connectivity index (χ0v) is 13.5. The van der Waals surface area contributed by atoms with E-state index >= 15 is 0 Å². The molecule has 0 unspecified atom stereocenters. The zero-order valence-electron chi connectivity index (χ0n) is 13.5. The maximum Gasteiger partial charge on any atom is 0.230 e. The molecule has 1 amide bonds. The summed E-state index contributed by atoms with van der Waals surface area (Å²) in [5.74, 6) is -0.0488. The summed E-state index contributed by atoms with van der Waals surface area (Å²) in [4.78, 5) is 19.1. The standard InChI is InChI=1S/C19H20N4O/c24-19(13-16-14-23-12-2-1-5-18(23)20-16)21-15-6-8-17(9-7-15)22-10-3-4-11-22/h1-2,5-9,12,14H,3-4,10-11,13H2,(H,21,24). The van der Waals surface area contributed by atoms with Crippen molar-refractivity contribution < 1.29 is 4.79 Å². The summed E-state index contributed by atoms with van der Waals surface area (Å²) in [5, 5.41) is 2.95. The molecule has 0 bridgehead atoms. The van der Waals surface area contributed by atoms with Crippen LogP contribution in [0.1, 0.15) is 18.5 Å². The van der Waals surface area contributed by atoms with Gasteiger partial charge in [0.2, 0.25) is 5.91 Å². The summed E-state index contributed by atoms with van der Waals surface area (Å²) in [7, 11) is 0. The van der Waals surface area contributed by atoms with Crippen molar-refractivity contribution in [1.29, 1.82) is 0 Å². The topological polar surface area (TPSA) is 49.6 Å². The number of imidazole rings is 1. The molecule has 3 heterocycles. The van der Waals surface area contributed by atoms with Gasteiger partial charge in [0.25, 0.3) is 0 Å². The SMILES string of the molecule is O=C(Cc1cn2ccccc2n1)Nc1ccc(N2CCCC2)cc1. The number of hydrogen-bond acceptors (Lipinski definition) is 3. The van der Waals surface area contributed by atoms with Crippen LogP contribution < -0.4 is 10.2 Å². The Hall–Kier alpha value is -2.82. The Balaban J connectivity index is 1.40. The summed E-state index contributed by atoms with van der Waals surface area (Å²) < 4.78 is 1.92. The van der Waals surface area contributed by atoms with E-state index in [0.29, 0.717) is 0 Å². The van der Waals surface area contributed by atoms with E-state index in [2.05, 4.69) is 27.3 Å². The largest absolute Gasteiger partial charge is 0.372 e. The van der Waals surface area contributed by atoms with Gasteiger partial charge in [0.15, 0.2) is 0 Å². The summed E-state index contributed by atoms with van der Waals surface area (Å²) >= 11 is 0. The molecule has 24 heavy (non-hydrogen) atoms. The lowest BCUT2D eigenvalue weighted by molar-refractivity contribution is -0.115. The summed E-state index contributed by atoms with van der Waals surface area (Å²) in [5.41, 5.74) is 3.68. The number of nitrogens with one attached hydrogen (secondary N) is 1. The van der Waals surface area contributed by atoms with E-state index in [0.717, 1.165) is 30.1 Å². The first-order valence-electron chi connectivity index (χ1n) is 8.35. The Morgan fingerprint density at radius 1 is 1.08 bits per heavy atom. The number of fused-ring (bicyclic) bond motifs is 1. The van der Waals surface area contributed by atoms with Crippen LogP contribution in [-0.2, 0) is 11.2 Å². The van der Waals surface area contributed by atoms with Crippen molar-refractivity contribution in [1.82, 2.24) is 9.38 Å². The second-order valence-corrected chi connectivity index (χ2v) is 6.16. The Labute approximate surface area is 140 Å². The Morgan fingerprint density at radius 3 is 2.62 bits per heavy atom. The molecular weight excluding hydrogens is 300 g/mol. The molecule has 1 N–H and O–H groups in total. The van der Waals surface area contributed by atoms with E-state index in [9.17, 15) is 4.79 Å². The number of benzene rings is 1. The van der Waals surface area contributed by atoms with Gasteiger partial charge in [0.05, 0.1) is 12.1 Å². The van der Waals surface area contributed by atoms with Crippen molar-refractivity contribution >= 4 is 22.9 Å². The molecule has 1 aromatic carbocycles. The second kappa shape index (κ2) is 6.35. The number of carbonyl (C=O) groups excluding carboxylic acids is 1. The van der Waals surface area contributed by atoms with Crippen LogP contribution in [0, 0.1) is 0 Å². The number of hydrogen-bond donors (Lipinski definition) is 1. The Morgan fingerprint density at radius 2 is 1.88 bits per heavy atom. The second-order valence-electron chi connectivity index (χ2n) is 6.16. The third kappa shape index (κ3) is 3.11. The van der Waals surface area contributed by atoms with Gasteiger partial charge in [0.1, 0.15) is 5.65 Å². The van der Waals surface area contributed by atoms with E-state index in [4.69, 9.17) is 0 Å².